The predicted molar refractivity (Wildman–Crippen MR) is 109 cm³/mol. The normalized spacial score (nSPS) is 14.4. The molecule has 0 aliphatic rings. The van der Waals surface area contributed by atoms with E-state index in [-0.39, 0.29) is 22.2 Å². The number of alkyl halides is 2. The topological polar surface area (TPSA) is 81.4 Å². The van der Waals surface area contributed by atoms with E-state index in [9.17, 15) is 23.5 Å². The Morgan fingerprint density at radius 2 is 1.93 bits per heavy atom. The van der Waals surface area contributed by atoms with Gasteiger partial charge in [-0.05, 0) is 35.9 Å². The minimum atomic E-state index is -1.95. The van der Waals surface area contributed by atoms with Gasteiger partial charge in [-0.15, -0.1) is 0 Å². The number of rotatable bonds is 5. The van der Waals surface area contributed by atoms with Crippen LogP contribution in [0.2, 0.25) is 0 Å². The van der Waals surface area contributed by atoms with E-state index in [0.29, 0.717) is 5.69 Å². The predicted octanol–water partition coefficient (Wildman–Crippen LogP) is 1.15. The SMILES string of the molecule is BC(F)c1cccc2c1c(=O)c(C(=O)O)nn2-c1ccc(OC(B)(F)P)cc1. The Morgan fingerprint density at radius 1 is 1.29 bits per heavy atom. The molecule has 0 radical (unpaired) electrons. The number of carboxylic acids is 1. The van der Waals surface area contributed by atoms with Crippen molar-refractivity contribution in [1.29, 1.82) is 0 Å². The fraction of sp³-hybridized carbons (Fsp3) is 0.118. The Bertz CT molecular complexity index is 1120. The fourth-order valence-electron chi connectivity index (χ4n) is 2.85. The summed E-state index contributed by atoms with van der Waals surface area (Å²) >= 11 is 0. The lowest BCUT2D eigenvalue weighted by Crippen LogP contribution is -2.24. The number of aromatic nitrogens is 2. The Labute approximate surface area is 162 Å². The number of ether oxygens (including phenoxy) is 1. The van der Waals surface area contributed by atoms with Crippen LogP contribution in [-0.4, -0.2) is 42.0 Å². The van der Waals surface area contributed by atoms with E-state index in [1.54, 1.807) is 12.1 Å². The Hall–Kier alpha value is -2.73. The second-order valence-electron chi connectivity index (χ2n) is 6.33. The van der Waals surface area contributed by atoms with Crippen LogP contribution >= 0.6 is 9.24 Å². The average Bonchev–Trinajstić information content (AvgIpc) is 2.61. The monoisotopic (exact) mass is 402 g/mol. The molecular formula is C17H15B2F2N2O4P. The highest BCUT2D eigenvalue weighted by molar-refractivity contribution is 7.21. The van der Waals surface area contributed by atoms with Crippen LogP contribution in [0.5, 0.6) is 5.75 Å². The summed E-state index contributed by atoms with van der Waals surface area (Å²) in [5.74, 6) is -1.27. The van der Waals surface area contributed by atoms with E-state index in [0.717, 1.165) is 0 Å². The number of halogens is 2. The molecule has 0 aliphatic carbocycles. The van der Waals surface area contributed by atoms with Gasteiger partial charge in [-0.3, -0.25) is 9.18 Å². The van der Waals surface area contributed by atoms with Crippen LogP contribution in [0.25, 0.3) is 16.6 Å². The Kier molecular flexibility index (Phi) is 5.26. The van der Waals surface area contributed by atoms with Crippen molar-refractivity contribution in [3.05, 3.63) is 63.9 Å². The molecule has 2 aromatic carbocycles. The lowest BCUT2D eigenvalue weighted by Gasteiger charge is -2.18. The maximum absolute atomic E-state index is 14.1. The van der Waals surface area contributed by atoms with Gasteiger partial charge in [0.05, 0.1) is 22.7 Å². The first kappa shape index (κ1) is 20.0. The van der Waals surface area contributed by atoms with Gasteiger partial charge in [0.15, 0.2) is 7.85 Å². The molecule has 3 rings (SSSR count). The third-order valence-electron chi connectivity index (χ3n) is 3.97. The Morgan fingerprint density at radius 3 is 2.46 bits per heavy atom. The summed E-state index contributed by atoms with van der Waals surface area (Å²) in [6.45, 7) is 0. The van der Waals surface area contributed by atoms with Gasteiger partial charge in [-0.1, -0.05) is 21.4 Å². The molecule has 3 unspecified atom stereocenters. The lowest BCUT2D eigenvalue weighted by molar-refractivity contribution is 0.0687. The zero-order valence-electron chi connectivity index (χ0n) is 15.0. The molecule has 142 valence electrons. The molecular weight excluding hydrogens is 387 g/mol. The van der Waals surface area contributed by atoms with Crippen molar-refractivity contribution in [3.8, 4) is 11.4 Å². The van der Waals surface area contributed by atoms with E-state index in [4.69, 9.17) is 4.74 Å². The maximum atomic E-state index is 14.1. The molecule has 1 aromatic heterocycles. The smallest absolute Gasteiger partial charge is 0.360 e. The molecule has 0 saturated heterocycles. The zero-order chi connectivity index (χ0) is 20.6. The third-order valence-corrected chi connectivity index (χ3v) is 4.09. The average molecular weight is 402 g/mol. The van der Waals surface area contributed by atoms with E-state index >= 15 is 0 Å². The molecule has 6 nitrogen and oxygen atoms in total. The van der Waals surface area contributed by atoms with Crippen molar-refractivity contribution < 1.29 is 23.4 Å². The van der Waals surface area contributed by atoms with Crippen LogP contribution in [-0.2, 0) is 0 Å². The van der Waals surface area contributed by atoms with Crippen LogP contribution in [0, 0.1) is 0 Å². The minimum Gasteiger partial charge on any atom is -0.476 e. The number of hydrogen-bond acceptors (Lipinski definition) is 4. The van der Waals surface area contributed by atoms with Gasteiger partial charge in [-0.25, -0.2) is 13.9 Å². The number of fused-ring (bicyclic) bond motifs is 1. The van der Waals surface area contributed by atoms with Crippen LogP contribution in [0.3, 0.4) is 0 Å². The van der Waals surface area contributed by atoms with Crippen LogP contribution < -0.4 is 10.2 Å². The first-order valence-corrected chi connectivity index (χ1v) is 8.87. The number of hydrogen-bond donors (Lipinski definition) is 1. The summed E-state index contributed by atoms with van der Waals surface area (Å²) in [5.41, 5.74) is -2.79. The molecule has 1 N–H and O–H groups in total. The van der Waals surface area contributed by atoms with Crippen molar-refractivity contribution in [3.63, 3.8) is 0 Å². The number of benzene rings is 2. The minimum absolute atomic E-state index is 0.0495. The molecule has 11 heteroatoms. The van der Waals surface area contributed by atoms with E-state index < -0.39 is 28.7 Å². The van der Waals surface area contributed by atoms with Crippen molar-refractivity contribution >= 4 is 41.8 Å². The molecule has 0 aliphatic heterocycles. The van der Waals surface area contributed by atoms with E-state index in [1.807, 2.05) is 9.24 Å². The number of aromatic carboxylic acids is 1. The fourth-order valence-corrected chi connectivity index (χ4v) is 2.99. The molecule has 1 heterocycles. The highest BCUT2D eigenvalue weighted by Gasteiger charge is 2.22. The molecule has 0 saturated carbocycles. The van der Waals surface area contributed by atoms with Gasteiger partial charge in [0, 0.05) is 0 Å². The molecule has 28 heavy (non-hydrogen) atoms. The standard InChI is InChI=1S/C17H15B2F2N2O4P/c18-15(20)10-2-1-3-11-12(10)14(24)13(16(25)26)22-23(11)8-4-6-9(7-5-8)27-17(19,21)28/h1-7,15H,18-19,28H2,(H,25,26). The van der Waals surface area contributed by atoms with Gasteiger partial charge < -0.3 is 9.84 Å². The van der Waals surface area contributed by atoms with Gasteiger partial charge in [0.25, 0.3) is 0 Å². The molecule has 0 amide bonds. The summed E-state index contributed by atoms with van der Waals surface area (Å²) in [6, 6.07) is 10.6. The van der Waals surface area contributed by atoms with E-state index in [2.05, 4.69) is 5.10 Å². The third kappa shape index (κ3) is 3.92. The summed E-state index contributed by atoms with van der Waals surface area (Å²) < 4.78 is 34.0. The molecule has 0 bridgehead atoms. The van der Waals surface area contributed by atoms with Crippen LogP contribution in [0.4, 0.5) is 8.78 Å². The van der Waals surface area contributed by atoms with Crippen molar-refractivity contribution in [2.75, 3.05) is 0 Å². The van der Waals surface area contributed by atoms with Gasteiger partial charge in [0.1, 0.15) is 5.75 Å². The van der Waals surface area contributed by atoms with Crippen molar-refractivity contribution in [2.45, 2.75) is 11.6 Å². The lowest BCUT2D eigenvalue weighted by atomic mass is 9.91. The molecule has 0 fully saturated rings. The van der Waals surface area contributed by atoms with E-state index in [1.165, 1.54) is 50.7 Å². The maximum Gasteiger partial charge on any atom is 0.360 e. The van der Waals surface area contributed by atoms with Gasteiger partial charge in [0.2, 0.25) is 24.5 Å². The summed E-state index contributed by atoms with van der Waals surface area (Å²) in [5, 5.41) is 13.3. The van der Waals surface area contributed by atoms with Crippen LogP contribution in [0.15, 0.2) is 47.3 Å². The quantitative estimate of drug-likeness (QED) is 0.512. The summed E-state index contributed by atoms with van der Waals surface area (Å²) in [4.78, 5) is 24.1. The number of carboxylic acid groups (broad SMARTS) is 1. The number of nitrogens with zero attached hydrogens (tertiary/aromatic N) is 2. The molecule has 3 atom stereocenters. The van der Waals surface area contributed by atoms with Crippen LogP contribution in [0.1, 0.15) is 22.1 Å². The first-order chi connectivity index (χ1) is 13.1. The first-order valence-electron chi connectivity index (χ1n) is 8.29. The second-order valence-corrected chi connectivity index (χ2v) is 7.37. The Balaban J connectivity index is 2.26. The zero-order valence-corrected chi connectivity index (χ0v) is 16.2. The van der Waals surface area contributed by atoms with Gasteiger partial charge >= 0.3 is 5.97 Å². The molecule has 0 spiro atoms. The number of carbonyl (C=O) groups is 1. The van der Waals surface area contributed by atoms with Gasteiger partial charge in [-0.2, -0.15) is 5.10 Å². The second kappa shape index (κ2) is 7.36. The summed E-state index contributed by atoms with van der Waals surface area (Å²) in [7, 11) is 4.40. The van der Waals surface area contributed by atoms with Crippen molar-refractivity contribution in [1.82, 2.24) is 9.78 Å². The summed E-state index contributed by atoms with van der Waals surface area (Å²) in [6.07, 6.45) is -1.48. The highest BCUT2D eigenvalue weighted by atomic mass is 31.0. The largest absolute Gasteiger partial charge is 0.476 e. The highest BCUT2D eigenvalue weighted by Crippen LogP contribution is 2.27. The molecule has 3 aromatic rings. The van der Waals surface area contributed by atoms with Crippen molar-refractivity contribution in [2.24, 2.45) is 0 Å².